The minimum Gasteiger partial charge on any atom is -0.299 e. The molecule has 26 heavy (non-hydrogen) atoms. The van der Waals surface area contributed by atoms with Gasteiger partial charge >= 0.3 is 0 Å². The Hall–Kier alpha value is -1.42. The number of benzene rings is 2. The second-order valence-electron chi connectivity index (χ2n) is 8.30. The van der Waals surface area contributed by atoms with Gasteiger partial charge in [0.2, 0.25) is 0 Å². The van der Waals surface area contributed by atoms with E-state index in [1.165, 1.54) is 11.1 Å². The average molecular weight is 373 g/mol. The summed E-state index contributed by atoms with van der Waals surface area (Å²) in [7, 11) is 2.19. The van der Waals surface area contributed by atoms with E-state index in [1.807, 2.05) is 18.2 Å². The SMILES string of the molecule is CN1CCN([C@H]2C[C@H](c3ccccc3F)c3ccc(Cl)cc32)CC1(C)C. The summed E-state index contributed by atoms with van der Waals surface area (Å²) in [6.07, 6.45) is 0.913. The molecule has 0 bridgehead atoms. The summed E-state index contributed by atoms with van der Waals surface area (Å²) in [4.78, 5) is 4.99. The number of likely N-dealkylation sites (N-methyl/N-ethyl adjacent to an activating group) is 1. The fourth-order valence-electron chi connectivity index (χ4n) is 4.57. The second-order valence-corrected chi connectivity index (χ2v) is 8.74. The molecule has 4 heteroatoms. The van der Waals surface area contributed by atoms with E-state index in [0.29, 0.717) is 6.04 Å². The minimum absolute atomic E-state index is 0.0937. The highest BCUT2D eigenvalue weighted by Gasteiger charge is 2.40. The van der Waals surface area contributed by atoms with Crippen molar-refractivity contribution in [3.63, 3.8) is 0 Å². The summed E-state index contributed by atoms with van der Waals surface area (Å²) in [6.45, 7) is 7.66. The van der Waals surface area contributed by atoms with E-state index in [9.17, 15) is 4.39 Å². The Morgan fingerprint density at radius 3 is 2.54 bits per heavy atom. The summed E-state index contributed by atoms with van der Waals surface area (Å²) >= 11 is 6.33. The van der Waals surface area contributed by atoms with Gasteiger partial charge in [-0.05, 0) is 62.2 Å². The number of hydrogen-bond acceptors (Lipinski definition) is 2. The third-order valence-electron chi connectivity index (χ3n) is 6.31. The maximum atomic E-state index is 14.5. The van der Waals surface area contributed by atoms with Crippen LogP contribution >= 0.6 is 11.6 Å². The van der Waals surface area contributed by atoms with Crippen LogP contribution < -0.4 is 0 Å². The zero-order valence-corrected chi connectivity index (χ0v) is 16.4. The summed E-state index contributed by atoms with van der Waals surface area (Å²) in [5, 5.41) is 0.760. The Balaban J connectivity index is 1.72. The van der Waals surface area contributed by atoms with Crippen molar-refractivity contribution in [2.24, 2.45) is 0 Å². The van der Waals surface area contributed by atoms with Crippen molar-refractivity contribution in [2.45, 2.75) is 37.8 Å². The van der Waals surface area contributed by atoms with E-state index in [-0.39, 0.29) is 17.3 Å². The van der Waals surface area contributed by atoms with Gasteiger partial charge in [0, 0.05) is 42.2 Å². The van der Waals surface area contributed by atoms with Crippen molar-refractivity contribution in [3.05, 3.63) is 70.0 Å². The topological polar surface area (TPSA) is 6.48 Å². The molecule has 0 N–H and O–H groups in total. The van der Waals surface area contributed by atoms with Gasteiger partial charge in [0.25, 0.3) is 0 Å². The van der Waals surface area contributed by atoms with Crippen LogP contribution in [0.1, 0.15) is 48.9 Å². The summed E-state index contributed by atoms with van der Waals surface area (Å²) in [5.41, 5.74) is 3.42. The standard InChI is InChI=1S/C22H26ClFN2/c1-22(2)14-26(11-10-25(22)3)21-13-18(17-6-4-5-7-20(17)24)16-9-8-15(23)12-19(16)21/h4-9,12,18,21H,10-11,13-14H2,1-3H3/t18-,21-/m0/s1. The molecule has 0 amide bonds. The quantitative estimate of drug-likeness (QED) is 0.725. The smallest absolute Gasteiger partial charge is 0.127 e. The molecule has 4 rings (SSSR count). The Morgan fingerprint density at radius 1 is 1.04 bits per heavy atom. The number of hydrogen-bond donors (Lipinski definition) is 0. The fourth-order valence-corrected chi connectivity index (χ4v) is 4.75. The van der Waals surface area contributed by atoms with Crippen LogP contribution in [-0.4, -0.2) is 42.0 Å². The van der Waals surface area contributed by atoms with Gasteiger partial charge in [-0.1, -0.05) is 35.9 Å². The molecule has 0 radical (unpaired) electrons. The van der Waals surface area contributed by atoms with E-state index in [4.69, 9.17) is 11.6 Å². The third kappa shape index (κ3) is 3.06. The van der Waals surface area contributed by atoms with Gasteiger partial charge in [-0.2, -0.15) is 0 Å². The predicted molar refractivity (Wildman–Crippen MR) is 105 cm³/mol. The zero-order valence-electron chi connectivity index (χ0n) is 15.7. The van der Waals surface area contributed by atoms with Crippen molar-refractivity contribution in [3.8, 4) is 0 Å². The van der Waals surface area contributed by atoms with Crippen LogP contribution in [0.15, 0.2) is 42.5 Å². The largest absolute Gasteiger partial charge is 0.299 e. The molecule has 2 aromatic rings. The van der Waals surface area contributed by atoms with Crippen LogP contribution in [0.3, 0.4) is 0 Å². The van der Waals surface area contributed by atoms with Crippen LogP contribution in [0, 0.1) is 5.82 Å². The first-order chi connectivity index (χ1) is 12.4. The maximum Gasteiger partial charge on any atom is 0.127 e. The van der Waals surface area contributed by atoms with Gasteiger partial charge in [0.1, 0.15) is 5.82 Å². The van der Waals surface area contributed by atoms with Gasteiger partial charge in [0.15, 0.2) is 0 Å². The molecule has 2 nitrogen and oxygen atoms in total. The number of rotatable bonds is 2. The van der Waals surface area contributed by atoms with Gasteiger partial charge in [0.05, 0.1) is 0 Å². The first kappa shape index (κ1) is 18.0. The molecule has 0 unspecified atom stereocenters. The molecular formula is C22H26ClFN2. The van der Waals surface area contributed by atoms with Gasteiger partial charge < -0.3 is 0 Å². The molecule has 0 aromatic heterocycles. The molecule has 1 saturated heterocycles. The molecule has 138 valence electrons. The fraction of sp³-hybridized carbons (Fsp3) is 0.455. The molecular weight excluding hydrogens is 347 g/mol. The van der Waals surface area contributed by atoms with Crippen LogP contribution in [0.4, 0.5) is 4.39 Å². The lowest BCUT2D eigenvalue weighted by molar-refractivity contribution is 0.0158. The number of fused-ring (bicyclic) bond motifs is 1. The van der Waals surface area contributed by atoms with E-state index in [2.05, 4.69) is 42.8 Å². The zero-order chi connectivity index (χ0) is 18.5. The molecule has 1 fully saturated rings. The molecule has 2 aromatic carbocycles. The lowest BCUT2D eigenvalue weighted by Crippen LogP contribution is -2.58. The predicted octanol–water partition coefficient (Wildman–Crippen LogP) is 5.08. The van der Waals surface area contributed by atoms with E-state index in [0.717, 1.165) is 36.6 Å². The second kappa shape index (κ2) is 6.63. The average Bonchev–Trinajstić information content (AvgIpc) is 2.96. The lowest BCUT2D eigenvalue weighted by Gasteiger charge is -2.47. The van der Waals surface area contributed by atoms with Crippen molar-refractivity contribution in [2.75, 3.05) is 26.7 Å². The number of nitrogens with zero attached hydrogens (tertiary/aromatic N) is 2. The van der Waals surface area contributed by atoms with Crippen molar-refractivity contribution in [1.82, 2.24) is 9.80 Å². The minimum atomic E-state index is -0.113. The molecule has 1 aliphatic carbocycles. The molecule has 1 heterocycles. The molecule has 0 saturated carbocycles. The molecule has 2 atom stereocenters. The Morgan fingerprint density at radius 2 is 1.81 bits per heavy atom. The Bertz CT molecular complexity index is 820. The van der Waals surface area contributed by atoms with Crippen LogP contribution in [0.2, 0.25) is 5.02 Å². The maximum absolute atomic E-state index is 14.5. The van der Waals surface area contributed by atoms with E-state index < -0.39 is 0 Å². The number of halogens is 2. The summed E-state index contributed by atoms with van der Waals surface area (Å²) in [6, 6.07) is 13.6. The van der Waals surface area contributed by atoms with E-state index >= 15 is 0 Å². The van der Waals surface area contributed by atoms with Crippen LogP contribution in [0.25, 0.3) is 0 Å². The monoisotopic (exact) mass is 372 g/mol. The Labute approximate surface area is 160 Å². The van der Waals surface area contributed by atoms with E-state index in [1.54, 1.807) is 12.1 Å². The van der Waals surface area contributed by atoms with Gasteiger partial charge in [-0.15, -0.1) is 0 Å². The number of piperazine rings is 1. The molecule has 1 aliphatic heterocycles. The highest BCUT2D eigenvalue weighted by Crippen LogP contribution is 2.48. The van der Waals surface area contributed by atoms with Crippen molar-refractivity contribution in [1.29, 1.82) is 0 Å². The normalized spacial score (nSPS) is 26.0. The van der Waals surface area contributed by atoms with Crippen molar-refractivity contribution < 1.29 is 4.39 Å². The Kier molecular flexibility index (Phi) is 4.58. The third-order valence-corrected chi connectivity index (χ3v) is 6.54. The summed E-state index contributed by atoms with van der Waals surface area (Å²) in [5.74, 6) is -0.0195. The van der Waals surface area contributed by atoms with Gasteiger partial charge in [-0.25, -0.2) is 4.39 Å². The summed E-state index contributed by atoms with van der Waals surface area (Å²) < 4.78 is 14.5. The van der Waals surface area contributed by atoms with Gasteiger partial charge in [-0.3, -0.25) is 9.80 Å². The van der Waals surface area contributed by atoms with Crippen molar-refractivity contribution >= 4 is 11.6 Å². The first-order valence-corrected chi connectivity index (χ1v) is 9.74. The molecule has 2 aliphatic rings. The molecule has 0 spiro atoms. The highest BCUT2D eigenvalue weighted by atomic mass is 35.5. The van der Waals surface area contributed by atoms with Crippen LogP contribution in [0.5, 0.6) is 0 Å². The van der Waals surface area contributed by atoms with Crippen LogP contribution in [-0.2, 0) is 0 Å². The highest BCUT2D eigenvalue weighted by molar-refractivity contribution is 6.30. The first-order valence-electron chi connectivity index (χ1n) is 9.36. The lowest BCUT2D eigenvalue weighted by atomic mass is 9.92.